The van der Waals surface area contributed by atoms with Crippen LogP contribution in [0.1, 0.15) is 20.8 Å². The molecule has 7 heteroatoms. The van der Waals surface area contributed by atoms with Crippen LogP contribution >= 0.6 is 43.5 Å². The summed E-state index contributed by atoms with van der Waals surface area (Å²) in [6.07, 6.45) is -0.596. The third-order valence-electron chi connectivity index (χ3n) is 1.51. The molecule has 1 aromatic rings. The van der Waals surface area contributed by atoms with Gasteiger partial charge in [-0.25, -0.2) is 9.78 Å². The van der Waals surface area contributed by atoms with Gasteiger partial charge in [0, 0.05) is 0 Å². The maximum Gasteiger partial charge on any atom is 0.413 e. The van der Waals surface area contributed by atoms with Gasteiger partial charge in [0.05, 0.1) is 9.50 Å². The molecule has 0 aliphatic carbocycles. The molecule has 0 saturated heterocycles. The van der Waals surface area contributed by atoms with Crippen molar-refractivity contribution >= 4 is 55.4 Å². The van der Waals surface area contributed by atoms with Gasteiger partial charge >= 0.3 is 6.09 Å². The standard InChI is InChI=1S/C10H11Br2ClN2O2/c1-10(2,3)17-9(16)15-8-6(13)4-5(11)7(12)14-8/h4H,1-3H3,(H,14,15,16). The number of halogens is 3. The fraction of sp³-hybridized carbons (Fsp3) is 0.400. The Balaban J connectivity index is 2.82. The first kappa shape index (κ1) is 14.7. The lowest BCUT2D eigenvalue weighted by molar-refractivity contribution is 0.0635. The van der Waals surface area contributed by atoms with Gasteiger partial charge in [0.15, 0.2) is 5.82 Å². The predicted octanol–water partition coefficient (Wildman–Crippen LogP) is 4.61. The van der Waals surface area contributed by atoms with Gasteiger partial charge in [-0.1, -0.05) is 11.6 Å². The highest BCUT2D eigenvalue weighted by Crippen LogP contribution is 2.29. The van der Waals surface area contributed by atoms with E-state index in [0.717, 1.165) is 0 Å². The second kappa shape index (κ2) is 5.54. The fourth-order valence-electron chi connectivity index (χ4n) is 0.932. The summed E-state index contributed by atoms with van der Waals surface area (Å²) in [7, 11) is 0. The molecule has 0 aliphatic heterocycles. The maximum atomic E-state index is 11.5. The molecule has 1 aromatic heterocycles. The Hall–Kier alpha value is -0.330. The molecule has 1 heterocycles. The summed E-state index contributed by atoms with van der Waals surface area (Å²) in [6.45, 7) is 5.33. The van der Waals surface area contributed by atoms with Crippen LogP contribution in [0.4, 0.5) is 10.6 Å². The number of hydrogen-bond acceptors (Lipinski definition) is 3. The van der Waals surface area contributed by atoms with Crippen LogP contribution in [-0.4, -0.2) is 16.7 Å². The molecule has 0 radical (unpaired) electrons. The molecule has 0 aliphatic rings. The van der Waals surface area contributed by atoms with Crippen LogP contribution in [0, 0.1) is 0 Å². The third kappa shape index (κ3) is 4.81. The summed E-state index contributed by atoms with van der Waals surface area (Å²) in [5.41, 5.74) is -0.566. The molecule has 0 atom stereocenters. The van der Waals surface area contributed by atoms with E-state index in [4.69, 9.17) is 16.3 Å². The van der Waals surface area contributed by atoms with Gasteiger partial charge in [-0.15, -0.1) is 0 Å². The highest BCUT2D eigenvalue weighted by atomic mass is 79.9. The number of hydrogen-bond donors (Lipinski definition) is 1. The van der Waals surface area contributed by atoms with Crippen molar-refractivity contribution in [2.75, 3.05) is 5.32 Å². The number of nitrogens with zero attached hydrogens (tertiary/aromatic N) is 1. The number of ether oxygens (including phenoxy) is 1. The molecular weight excluding hydrogens is 375 g/mol. The van der Waals surface area contributed by atoms with Crippen LogP contribution < -0.4 is 5.32 Å². The molecule has 94 valence electrons. The lowest BCUT2D eigenvalue weighted by atomic mass is 10.2. The number of carbonyl (C=O) groups excluding carboxylic acids is 1. The number of anilines is 1. The molecule has 0 spiro atoms. The van der Waals surface area contributed by atoms with Gasteiger partial charge in [-0.3, -0.25) is 5.32 Å². The van der Waals surface area contributed by atoms with Crippen molar-refractivity contribution in [3.8, 4) is 0 Å². The summed E-state index contributed by atoms with van der Waals surface area (Å²) in [6, 6.07) is 1.63. The number of aromatic nitrogens is 1. The second-order valence-corrected chi connectivity index (χ2v) is 6.23. The second-order valence-electron chi connectivity index (χ2n) is 4.22. The van der Waals surface area contributed by atoms with E-state index in [-0.39, 0.29) is 5.82 Å². The normalized spacial score (nSPS) is 11.2. The zero-order valence-electron chi connectivity index (χ0n) is 9.47. The van der Waals surface area contributed by atoms with Crippen LogP contribution in [0.2, 0.25) is 5.02 Å². The molecule has 1 amide bonds. The summed E-state index contributed by atoms with van der Waals surface area (Å²) >= 11 is 12.4. The molecule has 4 nitrogen and oxygen atoms in total. The Kier molecular flexibility index (Phi) is 4.80. The molecule has 0 fully saturated rings. The minimum absolute atomic E-state index is 0.246. The van der Waals surface area contributed by atoms with Crippen LogP contribution in [-0.2, 0) is 4.74 Å². The monoisotopic (exact) mass is 384 g/mol. The Labute approximate surface area is 121 Å². The minimum Gasteiger partial charge on any atom is -0.444 e. The Bertz CT molecular complexity index is 447. The maximum absolute atomic E-state index is 11.5. The molecular formula is C10H11Br2ClN2O2. The minimum atomic E-state index is -0.596. The van der Waals surface area contributed by atoms with Crippen LogP contribution in [0.15, 0.2) is 15.1 Å². The molecule has 1 rings (SSSR count). The van der Waals surface area contributed by atoms with E-state index in [9.17, 15) is 4.79 Å². The van der Waals surface area contributed by atoms with Gasteiger partial charge in [-0.2, -0.15) is 0 Å². The van der Waals surface area contributed by atoms with Gasteiger partial charge < -0.3 is 4.74 Å². The van der Waals surface area contributed by atoms with Crippen molar-refractivity contribution in [2.45, 2.75) is 26.4 Å². The van der Waals surface area contributed by atoms with Crippen molar-refractivity contribution in [3.63, 3.8) is 0 Å². The van der Waals surface area contributed by atoms with E-state index in [1.807, 2.05) is 0 Å². The largest absolute Gasteiger partial charge is 0.444 e. The highest BCUT2D eigenvalue weighted by molar-refractivity contribution is 9.13. The first-order valence-electron chi connectivity index (χ1n) is 4.70. The van der Waals surface area contributed by atoms with Crippen molar-refractivity contribution < 1.29 is 9.53 Å². The van der Waals surface area contributed by atoms with Crippen molar-refractivity contribution in [3.05, 3.63) is 20.2 Å². The first-order valence-corrected chi connectivity index (χ1v) is 6.67. The average Bonchev–Trinajstić information content (AvgIpc) is 2.11. The molecule has 0 aromatic carbocycles. The molecule has 0 unspecified atom stereocenters. The molecule has 0 bridgehead atoms. The van der Waals surface area contributed by atoms with E-state index in [0.29, 0.717) is 14.1 Å². The van der Waals surface area contributed by atoms with E-state index in [2.05, 4.69) is 42.2 Å². The summed E-state index contributed by atoms with van der Waals surface area (Å²) in [5, 5.41) is 2.80. The number of nitrogens with one attached hydrogen (secondary N) is 1. The third-order valence-corrected chi connectivity index (χ3v) is 3.54. The van der Waals surface area contributed by atoms with Gasteiger partial charge in [0.2, 0.25) is 0 Å². The Morgan fingerprint density at radius 1 is 1.47 bits per heavy atom. The van der Waals surface area contributed by atoms with Gasteiger partial charge in [-0.05, 0) is 58.7 Å². The lowest BCUT2D eigenvalue weighted by Gasteiger charge is -2.19. The average molecular weight is 386 g/mol. The summed E-state index contributed by atoms with van der Waals surface area (Å²) in [4.78, 5) is 15.6. The highest BCUT2D eigenvalue weighted by Gasteiger charge is 2.18. The quantitative estimate of drug-likeness (QED) is 0.717. The van der Waals surface area contributed by atoms with Crippen LogP contribution in [0.5, 0.6) is 0 Å². The topological polar surface area (TPSA) is 51.2 Å². The smallest absolute Gasteiger partial charge is 0.413 e. The van der Waals surface area contributed by atoms with Crippen molar-refractivity contribution in [2.24, 2.45) is 0 Å². The number of rotatable bonds is 1. The Morgan fingerprint density at radius 2 is 2.06 bits per heavy atom. The van der Waals surface area contributed by atoms with Gasteiger partial charge in [0.1, 0.15) is 10.2 Å². The lowest BCUT2D eigenvalue weighted by Crippen LogP contribution is -2.27. The van der Waals surface area contributed by atoms with E-state index in [1.54, 1.807) is 26.8 Å². The Morgan fingerprint density at radius 3 is 2.59 bits per heavy atom. The van der Waals surface area contributed by atoms with Crippen molar-refractivity contribution in [1.29, 1.82) is 0 Å². The fourth-order valence-corrected chi connectivity index (χ4v) is 1.87. The van der Waals surface area contributed by atoms with Crippen LogP contribution in [0.3, 0.4) is 0 Å². The number of amides is 1. The zero-order chi connectivity index (χ0) is 13.2. The van der Waals surface area contributed by atoms with Crippen molar-refractivity contribution in [1.82, 2.24) is 4.98 Å². The summed E-state index contributed by atoms with van der Waals surface area (Å²) in [5.74, 6) is 0.246. The molecule has 0 saturated carbocycles. The number of pyridine rings is 1. The SMILES string of the molecule is CC(C)(C)OC(=O)Nc1nc(Br)c(Br)cc1Cl. The number of carbonyl (C=O) groups is 1. The van der Waals surface area contributed by atoms with E-state index in [1.165, 1.54) is 0 Å². The summed E-state index contributed by atoms with van der Waals surface area (Å²) < 4.78 is 6.35. The molecule has 17 heavy (non-hydrogen) atoms. The van der Waals surface area contributed by atoms with E-state index >= 15 is 0 Å². The van der Waals surface area contributed by atoms with Gasteiger partial charge in [0.25, 0.3) is 0 Å². The molecule has 1 N–H and O–H groups in total. The predicted molar refractivity (Wildman–Crippen MR) is 74.5 cm³/mol. The first-order chi connectivity index (χ1) is 7.69. The van der Waals surface area contributed by atoms with Crippen LogP contribution in [0.25, 0.3) is 0 Å². The van der Waals surface area contributed by atoms with E-state index < -0.39 is 11.7 Å². The zero-order valence-corrected chi connectivity index (χ0v) is 13.4.